The number of amides is 8. The van der Waals surface area contributed by atoms with Crippen molar-refractivity contribution in [3.05, 3.63) is 84.5 Å². The third-order valence-electron chi connectivity index (χ3n) is 12.0. The summed E-state index contributed by atoms with van der Waals surface area (Å²) in [5, 5.41) is 30.6. The van der Waals surface area contributed by atoms with E-state index in [9.17, 15) is 58.2 Å². The first-order valence-electron chi connectivity index (χ1n) is 22.6. The van der Waals surface area contributed by atoms with Gasteiger partial charge in [-0.25, -0.2) is 9.97 Å². The Balaban J connectivity index is 1.31. The van der Waals surface area contributed by atoms with Crippen molar-refractivity contribution in [2.45, 2.75) is 24.2 Å². The number of likely N-dealkylation sites (N-methyl/N-ethyl adjacent to an activating group) is 4. The lowest BCUT2D eigenvalue weighted by Crippen LogP contribution is -2.55. The maximum Gasteiger partial charge on any atom is 0.274 e. The standard InChI is InChI=1S/C48H52N10O14S4/c1-23-47(69)73-19-31(53-43(65)39-35(59)15-25-13-27(71-7)9-11-29(25)51-39)41(63)49-18-38(62)58(6)34-22-76-75-21-33(45(67)55(23)3)57(5)37(61)17-50-42(64)32(20-74-48(70)24(2)56(4)46(34)68)54-44(66)40-36(60)16-26-14-28(72-8)10-12-30(26)52-40/h9-16,31-34,59-60H,1-2,17-22H2,3-8H3,(H,49,63)(H,50,64)(H,53,65)(H,54,66)/t31-,32-,33+,34+/m1/s1. The van der Waals surface area contributed by atoms with Gasteiger partial charge in [-0.2, -0.15) is 0 Å². The highest BCUT2D eigenvalue weighted by Crippen LogP contribution is 2.30. The molecule has 76 heavy (non-hydrogen) atoms. The van der Waals surface area contributed by atoms with Gasteiger partial charge < -0.3 is 60.6 Å². The van der Waals surface area contributed by atoms with Gasteiger partial charge in [-0.3, -0.25) is 47.9 Å². The van der Waals surface area contributed by atoms with Crippen LogP contribution in [0, 0.1) is 0 Å². The van der Waals surface area contributed by atoms with E-state index in [1.54, 1.807) is 24.3 Å². The summed E-state index contributed by atoms with van der Waals surface area (Å²) in [5.74, 6) is -9.00. The lowest BCUT2D eigenvalue weighted by molar-refractivity contribution is -0.142. The van der Waals surface area contributed by atoms with Crippen molar-refractivity contribution in [1.82, 2.24) is 50.8 Å². The molecule has 2 aliphatic heterocycles. The first-order chi connectivity index (χ1) is 36.0. The van der Waals surface area contributed by atoms with Crippen LogP contribution >= 0.6 is 45.1 Å². The van der Waals surface area contributed by atoms with Crippen molar-refractivity contribution in [1.29, 1.82) is 0 Å². The summed E-state index contributed by atoms with van der Waals surface area (Å²) in [5.41, 5.74) is -1.20. The van der Waals surface area contributed by atoms with E-state index in [4.69, 9.17) is 9.47 Å². The number of carbonyl (C=O) groups is 10. The molecule has 2 saturated heterocycles. The van der Waals surface area contributed by atoms with Crippen LogP contribution in [0.5, 0.6) is 23.0 Å². The van der Waals surface area contributed by atoms with Crippen molar-refractivity contribution in [2.75, 3.05) is 78.5 Å². The second-order valence-electron chi connectivity index (χ2n) is 16.8. The Morgan fingerprint density at radius 2 is 0.974 bits per heavy atom. The Hall–Kier alpha value is -7.56. The molecule has 2 bridgehead atoms. The number of methoxy groups -OCH3 is 2. The van der Waals surface area contributed by atoms with Gasteiger partial charge >= 0.3 is 0 Å². The fraction of sp³-hybridized carbons (Fsp3) is 0.333. The number of thioether (sulfide) groups is 2. The van der Waals surface area contributed by atoms with E-state index in [0.29, 0.717) is 45.8 Å². The molecule has 402 valence electrons. The summed E-state index contributed by atoms with van der Waals surface area (Å²) >= 11 is 0.941. The van der Waals surface area contributed by atoms with E-state index in [2.05, 4.69) is 44.4 Å². The molecule has 2 aromatic carbocycles. The van der Waals surface area contributed by atoms with Gasteiger partial charge in [-0.1, -0.05) is 58.3 Å². The number of pyridine rings is 2. The van der Waals surface area contributed by atoms with E-state index in [0.717, 1.165) is 41.2 Å². The van der Waals surface area contributed by atoms with E-state index >= 15 is 0 Å². The van der Waals surface area contributed by atoms with Crippen LogP contribution in [0.2, 0.25) is 0 Å². The van der Waals surface area contributed by atoms with Crippen LogP contribution in [-0.2, 0) is 38.4 Å². The zero-order chi connectivity index (χ0) is 55.7. The molecular weight excluding hydrogens is 1070 g/mol. The molecule has 28 heteroatoms. The molecule has 6 rings (SSSR count). The van der Waals surface area contributed by atoms with Gasteiger partial charge in [0.1, 0.15) is 47.2 Å². The van der Waals surface area contributed by atoms with Crippen LogP contribution < -0.4 is 30.7 Å². The third kappa shape index (κ3) is 13.5. The number of benzene rings is 2. The van der Waals surface area contributed by atoms with Crippen LogP contribution in [0.1, 0.15) is 21.0 Å². The Bertz CT molecular complexity index is 2870. The highest BCUT2D eigenvalue weighted by Gasteiger charge is 2.37. The molecule has 2 fully saturated rings. The summed E-state index contributed by atoms with van der Waals surface area (Å²) in [6.07, 6.45) is 0. The number of nitrogens with one attached hydrogen (secondary N) is 4. The normalized spacial score (nSPS) is 20.8. The fourth-order valence-corrected chi connectivity index (χ4v) is 11.5. The predicted molar refractivity (Wildman–Crippen MR) is 285 cm³/mol. The van der Waals surface area contributed by atoms with Crippen molar-refractivity contribution in [3.63, 3.8) is 0 Å². The Morgan fingerprint density at radius 1 is 0.605 bits per heavy atom. The second kappa shape index (κ2) is 25.3. The molecule has 2 aliphatic rings. The molecule has 4 aromatic rings. The molecule has 4 heterocycles. The zero-order valence-electron chi connectivity index (χ0n) is 41.7. The summed E-state index contributed by atoms with van der Waals surface area (Å²) in [6, 6.07) is 5.94. The molecule has 8 amide bonds. The van der Waals surface area contributed by atoms with Crippen molar-refractivity contribution < 1.29 is 67.6 Å². The summed E-state index contributed by atoms with van der Waals surface area (Å²) in [4.78, 5) is 152. The Kier molecular flexibility index (Phi) is 19.2. The number of ether oxygens (including phenoxy) is 2. The van der Waals surface area contributed by atoms with Crippen LogP contribution in [0.3, 0.4) is 0 Å². The van der Waals surface area contributed by atoms with Gasteiger partial charge in [0.05, 0.1) is 49.7 Å². The number of aromatic hydroxyl groups is 2. The average Bonchev–Trinajstić information content (AvgIpc) is 3.41. The molecule has 4 atom stereocenters. The average molecular weight is 1120 g/mol. The van der Waals surface area contributed by atoms with Crippen molar-refractivity contribution >= 4 is 124 Å². The van der Waals surface area contributed by atoms with Crippen LogP contribution in [-0.4, -0.2) is 200 Å². The Morgan fingerprint density at radius 3 is 1.33 bits per heavy atom. The van der Waals surface area contributed by atoms with E-state index < -0.39 is 141 Å². The predicted octanol–water partition coefficient (Wildman–Crippen LogP) is 0.867. The minimum absolute atomic E-state index is 0.198. The van der Waals surface area contributed by atoms with Gasteiger partial charge in [0.2, 0.25) is 33.9 Å². The highest BCUT2D eigenvalue weighted by atomic mass is 33.1. The zero-order valence-corrected chi connectivity index (χ0v) is 45.0. The number of hydrogen-bond acceptors (Lipinski definition) is 20. The number of carbonyl (C=O) groups excluding carboxylic acids is 10. The molecule has 2 aromatic heterocycles. The summed E-state index contributed by atoms with van der Waals surface area (Å²) in [7, 11) is 9.90. The monoisotopic (exact) mass is 1120 g/mol. The van der Waals surface area contributed by atoms with Gasteiger partial charge in [-0.05, 0) is 48.5 Å². The second-order valence-corrected chi connectivity index (χ2v) is 21.3. The van der Waals surface area contributed by atoms with Crippen LogP contribution in [0.25, 0.3) is 21.8 Å². The highest BCUT2D eigenvalue weighted by molar-refractivity contribution is 8.76. The maximum atomic E-state index is 14.4. The van der Waals surface area contributed by atoms with Crippen LogP contribution in [0.15, 0.2) is 73.1 Å². The summed E-state index contributed by atoms with van der Waals surface area (Å²) < 4.78 is 10.4. The lowest BCUT2D eigenvalue weighted by Gasteiger charge is -2.33. The van der Waals surface area contributed by atoms with Gasteiger partial charge in [0.25, 0.3) is 23.6 Å². The Labute approximate surface area is 450 Å². The third-order valence-corrected chi connectivity index (χ3v) is 16.4. The van der Waals surface area contributed by atoms with Crippen molar-refractivity contribution in [3.8, 4) is 23.0 Å². The molecule has 0 aliphatic carbocycles. The number of hydrogen-bond donors (Lipinski definition) is 6. The SMILES string of the molecule is C=C1C(=O)SC[C@@H](NC(=O)c2nc3ccc(OC)cc3cc2O)C(=O)NCC(=O)N(C)[C@H]2CSSC[C@@H](C(=O)N1C)N(C)C(=O)CNC(=O)[C@H](NC(=O)c1nc3ccc(OC)cc3cc1O)CSC(=O)C(=C)N(C)C2=O. The molecule has 24 nitrogen and oxygen atoms in total. The topological polar surface area (TPSA) is 316 Å². The van der Waals surface area contributed by atoms with Crippen LogP contribution in [0.4, 0.5) is 0 Å². The van der Waals surface area contributed by atoms with Crippen molar-refractivity contribution in [2.24, 2.45) is 0 Å². The largest absolute Gasteiger partial charge is 0.505 e. The fourth-order valence-electron chi connectivity index (χ4n) is 7.26. The van der Waals surface area contributed by atoms with Gasteiger partial charge in [-0.15, -0.1) is 0 Å². The molecule has 0 unspecified atom stereocenters. The molecule has 6 N–H and O–H groups in total. The number of fused-ring (bicyclic) bond motifs is 7. The first kappa shape index (κ1) is 57.7. The van der Waals surface area contributed by atoms with E-state index in [1.807, 2.05) is 0 Å². The number of rotatable bonds is 6. The number of aromatic nitrogens is 2. The first-order valence-corrected chi connectivity index (χ1v) is 27.1. The van der Waals surface area contributed by atoms with E-state index in [-0.39, 0.29) is 22.5 Å². The van der Waals surface area contributed by atoms with Gasteiger partial charge in [0.15, 0.2) is 11.4 Å². The number of nitrogens with zero attached hydrogens (tertiary/aromatic N) is 6. The lowest BCUT2D eigenvalue weighted by atomic mass is 10.1. The van der Waals surface area contributed by atoms with E-state index in [1.165, 1.54) is 66.7 Å². The maximum absolute atomic E-state index is 14.4. The summed E-state index contributed by atoms with van der Waals surface area (Å²) in [6.45, 7) is 6.07. The minimum atomic E-state index is -1.60. The van der Waals surface area contributed by atoms with Gasteiger partial charge in [0, 0.05) is 62.0 Å². The quantitative estimate of drug-likeness (QED) is 0.115. The smallest absolute Gasteiger partial charge is 0.274 e. The molecular formula is C48H52N10O14S4. The molecule has 0 saturated carbocycles. The molecule has 0 radical (unpaired) electrons. The minimum Gasteiger partial charge on any atom is -0.505 e. The molecule has 0 spiro atoms.